The zero-order chi connectivity index (χ0) is 18.2. The first-order chi connectivity index (χ1) is 12.7. The number of hydrogen-bond donors (Lipinski definition) is 0. The van der Waals surface area contributed by atoms with Gasteiger partial charge in [0.25, 0.3) is 0 Å². The molecule has 5 heteroatoms. The molecule has 0 spiro atoms. The summed E-state index contributed by atoms with van der Waals surface area (Å²) >= 11 is 0. The van der Waals surface area contributed by atoms with Gasteiger partial charge < -0.3 is 14.5 Å². The van der Waals surface area contributed by atoms with Gasteiger partial charge in [0.15, 0.2) is 0 Å². The van der Waals surface area contributed by atoms with Gasteiger partial charge in [-0.1, -0.05) is 0 Å². The predicted molar refractivity (Wildman–Crippen MR) is 101 cm³/mol. The lowest BCUT2D eigenvalue weighted by atomic mass is 10.2. The van der Waals surface area contributed by atoms with Gasteiger partial charge in [-0.2, -0.15) is 5.26 Å². The Kier molecular flexibility index (Phi) is 6.45. The minimum atomic E-state index is -0.188. The maximum Gasteiger partial charge on any atom is 0.123 e. The number of benzene rings is 2. The largest absolute Gasteiger partial charge is 0.494 e. The third kappa shape index (κ3) is 5.21. The molecule has 136 valence electrons. The fourth-order valence-electron chi connectivity index (χ4n) is 3.21. The second kappa shape index (κ2) is 9.21. The SMILES string of the molecule is N#Cc1ccc(OCCCN2CCCN(c3ccc(F)cc3)CC2)cc1. The van der Waals surface area contributed by atoms with Crippen molar-refractivity contribution < 1.29 is 9.13 Å². The third-order valence-corrected chi connectivity index (χ3v) is 4.65. The average molecular weight is 353 g/mol. The Morgan fingerprint density at radius 1 is 0.962 bits per heavy atom. The number of anilines is 1. The van der Waals surface area contributed by atoms with E-state index in [4.69, 9.17) is 10.00 Å². The van der Waals surface area contributed by atoms with Crippen molar-refractivity contribution in [3.8, 4) is 11.8 Å². The van der Waals surface area contributed by atoms with Gasteiger partial charge in [-0.05, 0) is 67.9 Å². The van der Waals surface area contributed by atoms with Gasteiger partial charge in [0.2, 0.25) is 0 Å². The Bertz CT molecular complexity index is 724. The number of nitrogens with zero attached hydrogens (tertiary/aromatic N) is 3. The molecule has 0 aromatic heterocycles. The molecule has 3 rings (SSSR count). The molecule has 4 nitrogen and oxygen atoms in total. The molecular weight excluding hydrogens is 329 g/mol. The van der Waals surface area contributed by atoms with Crippen LogP contribution in [0, 0.1) is 17.1 Å². The molecular formula is C21H24FN3O. The van der Waals surface area contributed by atoms with Crippen molar-refractivity contribution in [3.63, 3.8) is 0 Å². The number of rotatable bonds is 6. The Morgan fingerprint density at radius 3 is 2.46 bits per heavy atom. The Balaban J connectivity index is 1.39. The van der Waals surface area contributed by atoms with Crippen LogP contribution in [-0.2, 0) is 0 Å². The van der Waals surface area contributed by atoms with Crippen LogP contribution in [0.5, 0.6) is 5.75 Å². The van der Waals surface area contributed by atoms with E-state index in [0.717, 1.165) is 57.0 Å². The van der Waals surface area contributed by atoms with E-state index in [2.05, 4.69) is 15.9 Å². The summed E-state index contributed by atoms with van der Waals surface area (Å²) in [7, 11) is 0. The van der Waals surface area contributed by atoms with E-state index in [0.29, 0.717) is 12.2 Å². The molecule has 1 aliphatic rings. The molecule has 0 atom stereocenters. The zero-order valence-electron chi connectivity index (χ0n) is 14.9. The fraction of sp³-hybridized carbons (Fsp3) is 0.381. The number of hydrogen-bond acceptors (Lipinski definition) is 4. The molecule has 0 saturated carbocycles. The van der Waals surface area contributed by atoms with E-state index < -0.39 is 0 Å². The van der Waals surface area contributed by atoms with Gasteiger partial charge >= 0.3 is 0 Å². The van der Waals surface area contributed by atoms with Crippen LogP contribution in [0.25, 0.3) is 0 Å². The van der Waals surface area contributed by atoms with Gasteiger partial charge in [-0.15, -0.1) is 0 Å². The van der Waals surface area contributed by atoms with Crippen molar-refractivity contribution >= 4 is 5.69 Å². The van der Waals surface area contributed by atoms with Crippen LogP contribution in [0.4, 0.5) is 10.1 Å². The molecule has 1 aliphatic heterocycles. The molecule has 0 N–H and O–H groups in total. The van der Waals surface area contributed by atoms with Crippen LogP contribution in [-0.4, -0.2) is 44.2 Å². The molecule has 0 unspecified atom stereocenters. The first-order valence-electron chi connectivity index (χ1n) is 9.10. The van der Waals surface area contributed by atoms with E-state index in [1.54, 1.807) is 12.1 Å². The van der Waals surface area contributed by atoms with Gasteiger partial charge in [0.1, 0.15) is 11.6 Å². The van der Waals surface area contributed by atoms with Crippen LogP contribution in [0.2, 0.25) is 0 Å². The Hall–Kier alpha value is -2.58. The Morgan fingerprint density at radius 2 is 1.73 bits per heavy atom. The van der Waals surface area contributed by atoms with Crippen molar-refractivity contribution in [3.05, 3.63) is 59.9 Å². The smallest absolute Gasteiger partial charge is 0.123 e. The lowest BCUT2D eigenvalue weighted by Gasteiger charge is -2.23. The monoisotopic (exact) mass is 353 g/mol. The normalized spacial score (nSPS) is 15.3. The van der Waals surface area contributed by atoms with Crippen LogP contribution < -0.4 is 9.64 Å². The highest BCUT2D eigenvalue weighted by molar-refractivity contribution is 5.46. The summed E-state index contributed by atoms with van der Waals surface area (Å²) in [5.41, 5.74) is 1.74. The summed E-state index contributed by atoms with van der Waals surface area (Å²) in [4.78, 5) is 4.79. The zero-order valence-corrected chi connectivity index (χ0v) is 14.9. The molecule has 2 aromatic carbocycles. The summed E-state index contributed by atoms with van der Waals surface area (Å²) in [6, 6.07) is 16.1. The first-order valence-corrected chi connectivity index (χ1v) is 9.10. The van der Waals surface area contributed by atoms with Crippen LogP contribution in [0.15, 0.2) is 48.5 Å². The van der Waals surface area contributed by atoms with E-state index in [1.165, 1.54) is 12.1 Å². The highest BCUT2D eigenvalue weighted by Gasteiger charge is 2.15. The highest BCUT2D eigenvalue weighted by atomic mass is 19.1. The summed E-state index contributed by atoms with van der Waals surface area (Å²) in [6.45, 7) is 5.73. The van der Waals surface area contributed by atoms with Crippen LogP contribution >= 0.6 is 0 Å². The van der Waals surface area contributed by atoms with Crippen molar-refractivity contribution in [2.75, 3.05) is 44.2 Å². The second-order valence-electron chi connectivity index (χ2n) is 6.50. The number of halogens is 1. The van der Waals surface area contributed by atoms with Crippen molar-refractivity contribution in [1.29, 1.82) is 5.26 Å². The summed E-state index contributed by atoms with van der Waals surface area (Å²) in [5.74, 6) is 0.620. The highest BCUT2D eigenvalue weighted by Crippen LogP contribution is 2.17. The minimum absolute atomic E-state index is 0.188. The lowest BCUT2D eigenvalue weighted by molar-refractivity contribution is 0.244. The van der Waals surface area contributed by atoms with E-state index >= 15 is 0 Å². The topological polar surface area (TPSA) is 39.5 Å². The summed E-state index contributed by atoms with van der Waals surface area (Å²) < 4.78 is 18.8. The van der Waals surface area contributed by atoms with Gasteiger partial charge in [-0.25, -0.2) is 4.39 Å². The maximum absolute atomic E-state index is 13.1. The second-order valence-corrected chi connectivity index (χ2v) is 6.50. The molecule has 1 heterocycles. The molecule has 1 fully saturated rings. The third-order valence-electron chi connectivity index (χ3n) is 4.65. The molecule has 0 bridgehead atoms. The van der Waals surface area contributed by atoms with Crippen LogP contribution in [0.3, 0.4) is 0 Å². The van der Waals surface area contributed by atoms with Crippen molar-refractivity contribution in [2.45, 2.75) is 12.8 Å². The van der Waals surface area contributed by atoms with E-state index in [9.17, 15) is 4.39 Å². The minimum Gasteiger partial charge on any atom is -0.494 e. The molecule has 1 saturated heterocycles. The molecule has 2 aromatic rings. The fourth-order valence-corrected chi connectivity index (χ4v) is 3.21. The van der Waals surface area contributed by atoms with E-state index in [1.807, 2.05) is 24.3 Å². The van der Waals surface area contributed by atoms with E-state index in [-0.39, 0.29) is 5.82 Å². The molecule has 0 amide bonds. The molecule has 0 aliphatic carbocycles. The standard InChI is InChI=1S/C21H24FN3O/c22-19-5-7-20(8-6-19)25-13-1-11-24(14-15-25)12-2-16-26-21-9-3-18(17-23)4-10-21/h3-10H,1-2,11-16H2. The summed E-state index contributed by atoms with van der Waals surface area (Å²) in [6.07, 6.45) is 2.07. The number of nitriles is 1. The first kappa shape index (κ1) is 18.2. The summed E-state index contributed by atoms with van der Waals surface area (Å²) in [5, 5.41) is 8.80. The number of ether oxygens (including phenoxy) is 1. The maximum atomic E-state index is 13.1. The predicted octanol–water partition coefficient (Wildman–Crippen LogP) is 3.68. The Labute approximate surface area is 154 Å². The van der Waals surface area contributed by atoms with Gasteiger partial charge in [0, 0.05) is 31.9 Å². The molecule has 26 heavy (non-hydrogen) atoms. The van der Waals surface area contributed by atoms with Gasteiger partial charge in [0.05, 0.1) is 18.2 Å². The lowest BCUT2D eigenvalue weighted by Crippen LogP contribution is -2.31. The van der Waals surface area contributed by atoms with Crippen molar-refractivity contribution in [1.82, 2.24) is 4.90 Å². The van der Waals surface area contributed by atoms with Gasteiger partial charge in [-0.3, -0.25) is 0 Å². The van der Waals surface area contributed by atoms with Crippen LogP contribution in [0.1, 0.15) is 18.4 Å². The average Bonchev–Trinajstić information content (AvgIpc) is 2.92. The van der Waals surface area contributed by atoms with Crippen molar-refractivity contribution in [2.24, 2.45) is 0 Å². The molecule has 0 radical (unpaired) electrons. The quantitative estimate of drug-likeness (QED) is 0.743.